The molecule has 2 heterocycles. The van der Waals surface area contributed by atoms with Gasteiger partial charge in [-0.25, -0.2) is 13.4 Å². The van der Waals surface area contributed by atoms with Crippen LogP contribution in [0.25, 0.3) is 5.57 Å². The van der Waals surface area contributed by atoms with Crippen LogP contribution in [0.2, 0.25) is 0 Å². The lowest BCUT2D eigenvalue weighted by Gasteiger charge is -2.20. The number of carboxylic acids is 1. The second-order valence-corrected chi connectivity index (χ2v) is 12.8. The van der Waals surface area contributed by atoms with Crippen molar-refractivity contribution in [2.45, 2.75) is 58.0 Å². The first-order valence-corrected chi connectivity index (χ1v) is 15.5. The van der Waals surface area contributed by atoms with Crippen LogP contribution in [-0.2, 0) is 14.6 Å². The van der Waals surface area contributed by atoms with Crippen LogP contribution in [0, 0.1) is 13.8 Å². The molecule has 0 saturated carbocycles. The van der Waals surface area contributed by atoms with Crippen LogP contribution in [0.15, 0.2) is 54.8 Å². The first-order chi connectivity index (χ1) is 19.0. The molecule has 2 aromatic rings. The van der Waals surface area contributed by atoms with Crippen LogP contribution in [0.4, 0.5) is 0 Å². The van der Waals surface area contributed by atoms with Gasteiger partial charge in [0.15, 0.2) is 0 Å². The van der Waals surface area contributed by atoms with E-state index in [1.54, 1.807) is 12.3 Å². The zero-order valence-corrected chi connectivity index (χ0v) is 24.1. The van der Waals surface area contributed by atoms with Crippen LogP contribution in [0.3, 0.4) is 0 Å². The highest BCUT2D eigenvalue weighted by atomic mass is 32.2. The minimum atomic E-state index is -3.00. The number of aliphatic carboxylic acids is 1. The van der Waals surface area contributed by atoms with Gasteiger partial charge in [0.2, 0.25) is 5.88 Å². The van der Waals surface area contributed by atoms with Gasteiger partial charge in [-0.2, -0.15) is 0 Å². The first-order valence-electron chi connectivity index (χ1n) is 13.5. The summed E-state index contributed by atoms with van der Waals surface area (Å²) in [5, 5.41) is 9.12. The molecule has 214 valence electrons. The molecule has 0 saturated heterocycles. The van der Waals surface area contributed by atoms with Gasteiger partial charge in [-0.3, -0.25) is 4.79 Å². The maximum absolute atomic E-state index is 11.4. The predicted octanol–water partition coefficient (Wildman–Crippen LogP) is 5.59. The number of pyridine rings is 1. The highest BCUT2D eigenvalue weighted by Crippen LogP contribution is 2.38. The molecule has 1 aromatic carbocycles. The number of sulfone groups is 1. The molecule has 0 radical (unpaired) electrons. The van der Waals surface area contributed by atoms with Crippen molar-refractivity contribution in [3.8, 4) is 17.4 Å². The van der Waals surface area contributed by atoms with E-state index in [2.05, 4.69) is 23.7 Å². The fourth-order valence-electron chi connectivity index (χ4n) is 5.17. The van der Waals surface area contributed by atoms with Gasteiger partial charge in [-0.1, -0.05) is 24.8 Å². The van der Waals surface area contributed by atoms with Crippen LogP contribution in [0.5, 0.6) is 17.4 Å². The van der Waals surface area contributed by atoms with Crippen molar-refractivity contribution < 1.29 is 32.5 Å². The summed E-state index contributed by atoms with van der Waals surface area (Å²) in [4.78, 5) is 15.5. The smallest absolute Gasteiger partial charge is 0.304 e. The normalized spacial score (nSPS) is 21.2. The molecular formula is C31H37NO7S. The Balaban J connectivity index is 1.40. The molecule has 8 nitrogen and oxygen atoms in total. The van der Waals surface area contributed by atoms with E-state index < -0.39 is 15.8 Å². The Labute approximate surface area is 236 Å². The quantitative estimate of drug-likeness (QED) is 0.370. The number of nitrogens with zero attached hydrogens (tertiary/aromatic N) is 1. The summed E-state index contributed by atoms with van der Waals surface area (Å²) in [5.41, 5.74) is 6.14. The van der Waals surface area contributed by atoms with E-state index in [1.165, 1.54) is 6.26 Å². The lowest BCUT2D eigenvalue weighted by atomic mass is 9.89. The Morgan fingerprint density at radius 1 is 1.23 bits per heavy atom. The largest absolute Gasteiger partial charge is 0.494 e. The fourth-order valence-corrected chi connectivity index (χ4v) is 5.81. The first kappa shape index (κ1) is 29.4. The molecule has 1 aliphatic heterocycles. The number of carboxylic acid groups (broad SMARTS) is 1. The third kappa shape index (κ3) is 7.75. The lowest BCUT2D eigenvalue weighted by Crippen LogP contribution is -2.16. The molecule has 0 amide bonds. The SMILES string of the molecule is C=C1CC[C@@H](Oc2cc3c(cn2)[C@H](CC(=O)O)CO3)C/C=C\C=C/1c1c(C)cc(OCCCS(C)(=O)=O)cc1C. The van der Waals surface area contributed by atoms with Crippen molar-refractivity contribution in [1.82, 2.24) is 4.98 Å². The zero-order chi connectivity index (χ0) is 28.9. The topological polar surface area (TPSA) is 112 Å². The molecule has 1 aliphatic carbocycles. The van der Waals surface area contributed by atoms with Crippen molar-refractivity contribution in [1.29, 1.82) is 0 Å². The summed E-state index contributed by atoms with van der Waals surface area (Å²) in [6, 6.07) is 5.73. The number of aromatic nitrogens is 1. The van der Waals surface area contributed by atoms with Crippen molar-refractivity contribution in [3.63, 3.8) is 0 Å². The number of aryl methyl sites for hydroxylation is 2. The van der Waals surface area contributed by atoms with Gasteiger partial charge < -0.3 is 19.3 Å². The fraction of sp³-hybridized carbons (Fsp3) is 0.419. The maximum atomic E-state index is 11.4. The average Bonchev–Trinajstić information content (AvgIpc) is 3.28. The molecular weight excluding hydrogens is 530 g/mol. The molecule has 4 rings (SSSR count). The Morgan fingerprint density at radius 2 is 1.98 bits per heavy atom. The number of fused-ring (bicyclic) bond motifs is 1. The maximum Gasteiger partial charge on any atom is 0.304 e. The number of allylic oxidation sites excluding steroid dienone is 4. The van der Waals surface area contributed by atoms with E-state index in [4.69, 9.17) is 19.3 Å². The summed E-state index contributed by atoms with van der Waals surface area (Å²) in [7, 11) is -3.00. The number of benzene rings is 1. The molecule has 0 unspecified atom stereocenters. The standard InChI is InChI=1S/C31H37NO7S/c1-20-10-11-24(39-29-17-28-27(18-32-29)23(19-38-28)16-30(33)34)8-5-6-9-26(20)31-21(2)14-25(15-22(31)3)37-12-7-13-40(4,35)36/h5-6,9,14-15,17-18,23-24H,1,7-8,10-13,16,19H2,2-4H3,(H,33,34)/b6-5-,26-9+/t23-,24+/m1/s1. The number of rotatable bonds is 10. The summed E-state index contributed by atoms with van der Waals surface area (Å²) in [6.45, 7) is 9.17. The Bertz CT molecular complexity index is 1420. The molecule has 9 heteroatoms. The Morgan fingerprint density at radius 3 is 2.67 bits per heavy atom. The summed E-state index contributed by atoms with van der Waals surface area (Å²) < 4.78 is 40.5. The number of hydrogen-bond donors (Lipinski definition) is 1. The van der Waals surface area contributed by atoms with Crippen LogP contribution >= 0.6 is 0 Å². The third-order valence-corrected chi connectivity index (χ3v) is 8.14. The van der Waals surface area contributed by atoms with E-state index in [0.29, 0.717) is 37.7 Å². The molecule has 1 N–H and O–H groups in total. The van der Waals surface area contributed by atoms with Crippen LogP contribution in [-0.4, -0.2) is 55.8 Å². The summed E-state index contributed by atoms with van der Waals surface area (Å²) in [6.07, 6.45) is 11.7. The third-order valence-electron chi connectivity index (χ3n) is 7.11. The summed E-state index contributed by atoms with van der Waals surface area (Å²) >= 11 is 0. The average molecular weight is 568 g/mol. The summed E-state index contributed by atoms with van der Waals surface area (Å²) in [5.74, 6) is 0.884. The molecule has 0 fully saturated rings. The highest BCUT2D eigenvalue weighted by molar-refractivity contribution is 7.90. The lowest BCUT2D eigenvalue weighted by molar-refractivity contribution is -0.137. The van der Waals surface area contributed by atoms with E-state index in [-0.39, 0.29) is 24.2 Å². The Kier molecular flexibility index (Phi) is 9.35. The van der Waals surface area contributed by atoms with Crippen LogP contribution in [0.1, 0.15) is 60.3 Å². The molecule has 2 atom stereocenters. The van der Waals surface area contributed by atoms with E-state index >= 15 is 0 Å². The van der Waals surface area contributed by atoms with Crippen molar-refractivity contribution in [3.05, 3.63) is 77.0 Å². The van der Waals surface area contributed by atoms with Crippen molar-refractivity contribution in [2.24, 2.45) is 0 Å². The van der Waals surface area contributed by atoms with Gasteiger partial charge in [0.1, 0.15) is 27.4 Å². The van der Waals surface area contributed by atoms with E-state index in [1.807, 2.05) is 32.1 Å². The van der Waals surface area contributed by atoms with Gasteiger partial charge in [0, 0.05) is 36.4 Å². The second-order valence-electron chi connectivity index (χ2n) is 10.6. The van der Waals surface area contributed by atoms with Crippen molar-refractivity contribution >= 4 is 21.4 Å². The number of ether oxygens (including phenoxy) is 3. The molecule has 40 heavy (non-hydrogen) atoms. The number of hydrogen-bond acceptors (Lipinski definition) is 7. The molecule has 0 spiro atoms. The zero-order valence-electron chi connectivity index (χ0n) is 23.3. The minimum absolute atomic E-state index is 0.0137. The molecule has 0 bridgehead atoms. The van der Waals surface area contributed by atoms with Gasteiger partial charge in [-0.15, -0.1) is 0 Å². The van der Waals surface area contributed by atoms with Gasteiger partial charge in [0.25, 0.3) is 0 Å². The van der Waals surface area contributed by atoms with Gasteiger partial charge in [-0.05, 0) is 73.1 Å². The highest BCUT2D eigenvalue weighted by Gasteiger charge is 2.28. The second kappa shape index (κ2) is 12.7. The number of carbonyl (C=O) groups is 1. The minimum Gasteiger partial charge on any atom is -0.494 e. The van der Waals surface area contributed by atoms with Gasteiger partial charge in [0.05, 0.1) is 25.4 Å². The van der Waals surface area contributed by atoms with Crippen LogP contribution < -0.4 is 14.2 Å². The van der Waals surface area contributed by atoms with E-state index in [9.17, 15) is 13.2 Å². The van der Waals surface area contributed by atoms with E-state index in [0.717, 1.165) is 52.0 Å². The van der Waals surface area contributed by atoms with Gasteiger partial charge >= 0.3 is 5.97 Å². The Hall–Kier alpha value is -3.59. The molecule has 2 aliphatic rings. The molecule has 1 aromatic heterocycles. The van der Waals surface area contributed by atoms with Crippen molar-refractivity contribution in [2.75, 3.05) is 25.2 Å². The predicted molar refractivity (Wildman–Crippen MR) is 155 cm³/mol. The monoisotopic (exact) mass is 567 g/mol.